The van der Waals surface area contributed by atoms with E-state index in [0.717, 1.165) is 22.3 Å². The Kier molecular flexibility index (Phi) is 8.05. The summed E-state index contributed by atoms with van der Waals surface area (Å²) >= 11 is 12.1. The van der Waals surface area contributed by atoms with Gasteiger partial charge in [0.2, 0.25) is 6.10 Å². The lowest BCUT2D eigenvalue weighted by Crippen LogP contribution is -2.47. The number of carboxylic acid groups (broad SMARTS) is 1. The number of likely N-dealkylation sites (N-methyl/N-ethyl adjacent to an activating group) is 1. The van der Waals surface area contributed by atoms with Crippen molar-refractivity contribution < 1.29 is 24.2 Å². The quantitative estimate of drug-likeness (QED) is 0.236. The normalized spacial score (nSPS) is 18.8. The van der Waals surface area contributed by atoms with E-state index in [1.165, 1.54) is 0 Å². The Morgan fingerprint density at radius 2 is 1.74 bits per heavy atom. The lowest BCUT2D eigenvalue weighted by molar-refractivity contribution is -0.145. The summed E-state index contributed by atoms with van der Waals surface area (Å²) in [5.74, 6) is 0.159. The van der Waals surface area contributed by atoms with E-state index < -0.39 is 18.1 Å². The second-order valence-corrected chi connectivity index (χ2v) is 11.7. The lowest BCUT2D eigenvalue weighted by atomic mass is 9.90. The predicted molar refractivity (Wildman–Crippen MR) is 166 cm³/mol. The van der Waals surface area contributed by atoms with Crippen LogP contribution in [0.5, 0.6) is 11.5 Å². The van der Waals surface area contributed by atoms with Crippen LogP contribution in [0.3, 0.4) is 0 Å². The third-order valence-electron chi connectivity index (χ3n) is 8.25. The third kappa shape index (κ3) is 5.80. The third-order valence-corrected chi connectivity index (χ3v) is 8.98. The summed E-state index contributed by atoms with van der Waals surface area (Å²) in [6.45, 7) is 2.80. The first-order valence-corrected chi connectivity index (χ1v) is 14.8. The highest BCUT2D eigenvalue weighted by molar-refractivity contribution is 6.42. The minimum Gasteiger partial charge on any atom is -0.489 e. The van der Waals surface area contributed by atoms with Gasteiger partial charge in [0.1, 0.15) is 24.1 Å². The molecule has 0 bridgehead atoms. The number of nitrogens with zero attached hydrogens (tertiary/aromatic N) is 2. The summed E-state index contributed by atoms with van der Waals surface area (Å²) in [6, 6.07) is 25.6. The van der Waals surface area contributed by atoms with Crippen LogP contribution in [0.4, 0.5) is 5.69 Å². The number of aliphatic carboxylic acids is 1. The lowest BCUT2D eigenvalue weighted by Gasteiger charge is -2.40. The molecule has 2 aliphatic rings. The van der Waals surface area contributed by atoms with Crippen LogP contribution < -0.4 is 14.4 Å². The molecule has 0 aliphatic carbocycles. The molecule has 0 saturated heterocycles. The number of hydrogen-bond acceptors (Lipinski definition) is 5. The molecular weight excluding hydrogens is 587 g/mol. The maximum absolute atomic E-state index is 13.4. The minimum absolute atomic E-state index is 0.0955. The Morgan fingerprint density at radius 1 is 1.00 bits per heavy atom. The molecule has 4 aromatic rings. The van der Waals surface area contributed by atoms with Crippen LogP contribution in [0.1, 0.15) is 46.9 Å². The topological polar surface area (TPSA) is 79.3 Å². The van der Waals surface area contributed by atoms with Gasteiger partial charge in [-0.2, -0.15) is 0 Å². The Hall–Kier alpha value is -4.04. The van der Waals surface area contributed by atoms with E-state index in [4.69, 9.17) is 32.7 Å². The Bertz CT molecular complexity index is 1680. The van der Waals surface area contributed by atoms with Crippen LogP contribution in [0.2, 0.25) is 10.0 Å². The number of carbonyl (C=O) groups is 2. The number of hydrogen-bond donors (Lipinski definition) is 1. The van der Waals surface area contributed by atoms with Gasteiger partial charge in [-0.1, -0.05) is 71.7 Å². The van der Waals surface area contributed by atoms with Crippen molar-refractivity contribution in [3.63, 3.8) is 0 Å². The Labute approximate surface area is 260 Å². The summed E-state index contributed by atoms with van der Waals surface area (Å²) in [7, 11) is 1.72. The standard InChI is InChI=1S/C34H30Cl2N2O5/c1-20(22-6-4-3-5-7-22)38-18-25-17-31-29(15-24(25)16-30(38)34(40)41)37(2)33(39)32(43-31)23-9-11-26(12-10-23)42-19-21-8-13-27(35)28(36)14-21/h3-15,17,20,30,32H,16,18-19H2,1-2H3,(H,40,41). The second-order valence-electron chi connectivity index (χ2n) is 10.9. The van der Waals surface area contributed by atoms with E-state index in [0.29, 0.717) is 52.4 Å². The maximum Gasteiger partial charge on any atom is 0.321 e. The highest BCUT2D eigenvalue weighted by atomic mass is 35.5. The zero-order chi connectivity index (χ0) is 30.2. The largest absolute Gasteiger partial charge is 0.489 e. The maximum atomic E-state index is 13.4. The van der Waals surface area contributed by atoms with Gasteiger partial charge in [0, 0.05) is 25.2 Å². The van der Waals surface area contributed by atoms with Crippen LogP contribution in [0.15, 0.2) is 84.9 Å². The molecule has 0 fully saturated rings. The number of carbonyl (C=O) groups excluding carboxylic acids is 1. The molecule has 4 aromatic carbocycles. The van der Waals surface area contributed by atoms with Gasteiger partial charge in [-0.05, 0) is 72.0 Å². The molecule has 3 unspecified atom stereocenters. The average molecular weight is 618 g/mol. The average Bonchev–Trinajstić information content (AvgIpc) is 3.02. The summed E-state index contributed by atoms with van der Waals surface area (Å²) < 4.78 is 12.2. The van der Waals surface area contributed by atoms with Crippen LogP contribution in [-0.4, -0.2) is 35.0 Å². The van der Waals surface area contributed by atoms with Gasteiger partial charge in [-0.25, -0.2) is 0 Å². The summed E-state index contributed by atoms with van der Waals surface area (Å²) in [5, 5.41) is 11.1. The Balaban J connectivity index is 1.22. The van der Waals surface area contributed by atoms with Gasteiger partial charge in [-0.3, -0.25) is 14.5 Å². The van der Waals surface area contributed by atoms with Crippen molar-refractivity contribution in [2.45, 2.75) is 44.7 Å². The van der Waals surface area contributed by atoms with Crippen molar-refractivity contribution in [1.29, 1.82) is 0 Å². The molecule has 3 atom stereocenters. The number of ether oxygens (including phenoxy) is 2. The highest BCUT2D eigenvalue weighted by Gasteiger charge is 2.38. The fourth-order valence-electron chi connectivity index (χ4n) is 5.76. The van der Waals surface area contributed by atoms with Crippen molar-refractivity contribution in [3.05, 3.63) is 123 Å². The fraction of sp³-hybridized carbons (Fsp3) is 0.235. The molecule has 2 heterocycles. The number of carboxylic acids is 1. The number of rotatable bonds is 7. The van der Waals surface area contributed by atoms with Gasteiger partial charge in [-0.15, -0.1) is 0 Å². The fourth-order valence-corrected chi connectivity index (χ4v) is 6.08. The van der Waals surface area contributed by atoms with Gasteiger partial charge in [0.15, 0.2) is 0 Å². The van der Waals surface area contributed by atoms with E-state index in [1.807, 2.05) is 72.5 Å². The van der Waals surface area contributed by atoms with Crippen LogP contribution in [-0.2, 0) is 29.2 Å². The van der Waals surface area contributed by atoms with Gasteiger partial charge in [0.25, 0.3) is 5.91 Å². The summed E-state index contributed by atoms with van der Waals surface area (Å²) in [4.78, 5) is 29.4. The highest BCUT2D eigenvalue weighted by Crippen LogP contribution is 2.43. The molecule has 0 spiro atoms. The van der Waals surface area contributed by atoms with Gasteiger partial charge in [0.05, 0.1) is 15.7 Å². The molecule has 1 amide bonds. The molecule has 0 radical (unpaired) electrons. The van der Waals surface area contributed by atoms with Crippen LogP contribution >= 0.6 is 23.2 Å². The monoisotopic (exact) mass is 616 g/mol. The minimum atomic E-state index is -0.865. The van der Waals surface area contributed by atoms with Crippen molar-refractivity contribution in [1.82, 2.24) is 4.90 Å². The van der Waals surface area contributed by atoms with E-state index in [-0.39, 0.29) is 11.9 Å². The summed E-state index contributed by atoms with van der Waals surface area (Å²) in [5.41, 5.74) is 5.18. The van der Waals surface area contributed by atoms with Crippen molar-refractivity contribution in [2.24, 2.45) is 0 Å². The Morgan fingerprint density at radius 3 is 2.44 bits per heavy atom. The van der Waals surface area contributed by atoms with Gasteiger partial charge < -0.3 is 19.5 Å². The molecule has 2 aliphatic heterocycles. The predicted octanol–water partition coefficient (Wildman–Crippen LogP) is 7.24. The number of fused-ring (bicyclic) bond motifs is 2. The number of halogens is 2. The molecule has 7 nitrogen and oxygen atoms in total. The van der Waals surface area contributed by atoms with Crippen molar-refractivity contribution in [2.75, 3.05) is 11.9 Å². The zero-order valence-electron chi connectivity index (χ0n) is 23.7. The second kappa shape index (κ2) is 11.9. The van der Waals surface area contributed by atoms with E-state index in [9.17, 15) is 14.7 Å². The van der Waals surface area contributed by atoms with Gasteiger partial charge >= 0.3 is 5.97 Å². The van der Waals surface area contributed by atoms with Crippen molar-refractivity contribution in [3.8, 4) is 11.5 Å². The first-order valence-electron chi connectivity index (χ1n) is 14.0. The SMILES string of the molecule is CC(c1ccccc1)N1Cc2cc3c(cc2CC1C(=O)O)N(C)C(=O)C(c1ccc(OCc2ccc(Cl)c(Cl)c2)cc1)O3. The summed E-state index contributed by atoms with van der Waals surface area (Å²) in [6.07, 6.45) is -0.487. The molecule has 43 heavy (non-hydrogen) atoms. The molecule has 9 heteroatoms. The molecule has 220 valence electrons. The zero-order valence-corrected chi connectivity index (χ0v) is 25.2. The number of anilines is 1. The molecule has 0 saturated carbocycles. The first kappa shape index (κ1) is 29.1. The smallest absolute Gasteiger partial charge is 0.321 e. The van der Waals surface area contributed by atoms with Crippen LogP contribution in [0.25, 0.3) is 0 Å². The van der Waals surface area contributed by atoms with E-state index in [1.54, 1.807) is 36.2 Å². The van der Waals surface area contributed by atoms with E-state index >= 15 is 0 Å². The molecular formula is C34H30Cl2N2O5. The molecule has 0 aromatic heterocycles. The number of benzene rings is 4. The molecule has 6 rings (SSSR count). The van der Waals surface area contributed by atoms with Crippen molar-refractivity contribution >= 4 is 40.8 Å². The van der Waals surface area contributed by atoms with Crippen LogP contribution in [0, 0.1) is 0 Å². The number of amides is 1. The first-order chi connectivity index (χ1) is 20.7. The van der Waals surface area contributed by atoms with E-state index in [2.05, 4.69) is 0 Å². The molecule has 1 N–H and O–H groups in total.